The topological polar surface area (TPSA) is 69.6 Å². The quantitative estimate of drug-likeness (QED) is 0.819. The second-order valence-corrected chi connectivity index (χ2v) is 6.98. The lowest BCUT2D eigenvalue weighted by Crippen LogP contribution is -2.43. The number of carbonyl (C=O) groups excluding carboxylic acids is 1. The lowest BCUT2D eigenvalue weighted by molar-refractivity contribution is -0.148. The zero-order valence-electron chi connectivity index (χ0n) is 13.2. The van der Waals surface area contributed by atoms with Gasteiger partial charge in [-0.25, -0.2) is 4.79 Å². The smallest absolute Gasteiger partial charge is 0.317 e. The number of nitrogens with one attached hydrogen (secondary N) is 1. The average molecular weight is 296 g/mol. The van der Waals surface area contributed by atoms with Crippen LogP contribution in [0.1, 0.15) is 52.4 Å². The molecule has 2 N–H and O–H groups in total. The molecule has 1 aliphatic carbocycles. The Balaban J connectivity index is 1.82. The highest BCUT2D eigenvalue weighted by molar-refractivity contribution is 5.79. The minimum atomic E-state index is -0.760. The van der Waals surface area contributed by atoms with Crippen LogP contribution in [0, 0.1) is 17.3 Å². The van der Waals surface area contributed by atoms with E-state index in [0.29, 0.717) is 31.8 Å². The van der Waals surface area contributed by atoms with Crippen molar-refractivity contribution < 1.29 is 14.7 Å². The molecule has 1 saturated carbocycles. The molecule has 1 aliphatic heterocycles. The number of urea groups is 1. The summed E-state index contributed by atoms with van der Waals surface area (Å²) < 4.78 is 0. The molecular formula is C16H28N2O3. The van der Waals surface area contributed by atoms with Crippen LogP contribution in [-0.2, 0) is 4.79 Å². The van der Waals surface area contributed by atoms with Gasteiger partial charge in [-0.3, -0.25) is 4.79 Å². The number of rotatable bonds is 5. The Bertz CT molecular complexity index is 399. The van der Waals surface area contributed by atoms with Gasteiger partial charge in [-0.05, 0) is 37.5 Å². The summed E-state index contributed by atoms with van der Waals surface area (Å²) in [6.07, 6.45) is 5.69. The van der Waals surface area contributed by atoms with E-state index in [-0.39, 0.29) is 6.03 Å². The van der Waals surface area contributed by atoms with Gasteiger partial charge in [0.15, 0.2) is 0 Å². The number of carboxylic acids is 1. The lowest BCUT2D eigenvalue weighted by Gasteiger charge is -2.24. The third-order valence-electron chi connectivity index (χ3n) is 5.17. The monoisotopic (exact) mass is 296 g/mol. The molecular weight excluding hydrogens is 268 g/mol. The lowest BCUT2D eigenvalue weighted by atomic mass is 9.83. The van der Waals surface area contributed by atoms with Gasteiger partial charge in [0.05, 0.1) is 5.41 Å². The van der Waals surface area contributed by atoms with Crippen molar-refractivity contribution in [1.29, 1.82) is 0 Å². The summed E-state index contributed by atoms with van der Waals surface area (Å²) in [6, 6.07) is -0.0891. The Morgan fingerprint density at radius 3 is 2.71 bits per heavy atom. The standard InChI is InChI=1S/C16H28N2O3/c1-3-6-16(14(19)20)7-8-18(11-16)15(21)17-10-13-5-4-12(2)9-13/h12-13H,3-11H2,1-2H3,(H,17,21)(H,19,20). The normalized spacial score (nSPS) is 32.4. The summed E-state index contributed by atoms with van der Waals surface area (Å²) in [7, 11) is 0. The molecule has 0 aromatic rings. The second kappa shape index (κ2) is 6.67. The van der Waals surface area contributed by atoms with Crippen LogP contribution in [0.5, 0.6) is 0 Å². The molecule has 2 rings (SSSR count). The molecule has 0 radical (unpaired) electrons. The minimum Gasteiger partial charge on any atom is -0.481 e. The van der Waals surface area contributed by atoms with Crippen LogP contribution >= 0.6 is 0 Å². The summed E-state index contributed by atoms with van der Waals surface area (Å²) in [6.45, 7) is 5.89. The van der Waals surface area contributed by atoms with E-state index in [0.717, 1.165) is 18.9 Å². The van der Waals surface area contributed by atoms with Crippen molar-refractivity contribution in [2.45, 2.75) is 52.4 Å². The fourth-order valence-electron chi connectivity index (χ4n) is 3.86. The number of aliphatic carboxylic acids is 1. The molecule has 3 atom stereocenters. The molecule has 2 fully saturated rings. The van der Waals surface area contributed by atoms with Crippen molar-refractivity contribution >= 4 is 12.0 Å². The molecule has 2 aliphatic rings. The van der Waals surface area contributed by atoms with Crippen LogP contribution in [0.25, 0.3) is 0 Å². The van der Waals surface area contributed by atoms with Crippen LogP contribution < -0.4 is 5.32 Å². The van der Waals surface area contributed by atoms with E-state index in [1.807, 2.05) is 6.92 Å². The minimum absolute atomic E-state index is 0.0891. The molecule has 0 bridgehead atoms. The summed E-state index contributed by atoms with van der Waals surface area (Å²) in [5, 5.41) is 12.5. The van der Waals surface area contributed by atoms with E-state index in [1.165, 1.54) is 19.3 Å². The molecule has 5 nitrogen and oxygen atoms in total. The highest BCUT2D eigenvalue weighted by atomic mass is 16.4. The van der Waals surface area contributed by atoms with Crippen LogP contribution in [0.2, 0.25) is 0 Å². The Kier molecular flexibility index (Phi) is 5.12. The first-order chi connectivity index (χ1) is 9.97. The van der Waals surface area contributed by atoms with Gasteiger partial charge in [-0.1, -0.05) is 26.7 Å². The van der Waals surface area contributed by atoms with E-state index in [2.05, 4.69) is 12.2 Å². The zero-order valence-corrected chi connectivity index (χ0v) is 13.2. The SMILES string of the molecule is CCCC1(C(=O)O)CCN(C(=O)NCC2CCC(C)C2)C1. The molecule has 21 heavy (non-hydrogen) atoms. The van der Waals surface area contributed by atoms with Crippen molar-refractivity contribution in [2.24, 2.45) is 17.3 Å². The number of hydrogen-bond acceptors (Lipinski definition) is 2. The summed E-state index contributed by atoms with van der Waals surface area (Å²) in [5.41, 5.74) is -0.728. The maximum Gasteiger partial charge on any atom is 0.317 e. The van der Waals surface area contributed by atoms with Gasteiger partial charge < -0.3 is 15.3 Å². The first-order valence-electron chi connectivity index (χ1n) is 8.23. The first-order valence-corrected chi connectivity index (χ1v) is 8.23. The average Bonchev–Trinajstić information content (AvgIpc) is 3.04. The van der Waals surface area contributed by atoms with E-state index < -0.39 is 11.4 Å². The maximum absolute atomic E-state index is 12.2. The van der Waals surface area contributed by atoms with Gasteiger partial charge in [-0.2, -0.15) is 0 Å². The first kappa shape index (κ1) is 16.1. The van der Waals surface area contributed by atoms with Gasteiger partial charge in [-0.15, -0.1) is 0 Å². The van der Waals surface area contributed by atoms with Gasteiger partial charge in [0.2, 0.25) is 0 Å². The van der Waals surface area contributed by atoms with Crippen LogP contribution in [0.3, 0.4) is 0 Å². The van der Waals surface area contributed by atoms with Gasteiger partial charge in [0.1, 0.15) is 0 Å². The van der Waals surface area contributed by atoms with E-state index in [9.17, 15) is 14.7 Å². The van der Waals surface area contributed by atoms with Crippen LogP contribution in [0.4, 0.5) is 4.79 Å². The molecule has 1 heterocycles. The van der Waals surface area contributed by atoms with E-state index in [4.69, 9.17) is 0 Å². The molecule has 5 heteroatoms. The fraction of sp³-hybridized carbons (Fsp3) is 0.875. The molecule has 1 saturated heterocycles. The van der Waals surface area contributed by atoms with Crippen LogP contribution in [-0.4, -0.2) is 41.6 Å². The summed E-state index contributed by atoms with van der Waals surface area (Å²) >= 11 is 0. The number of carboxylic acid groups (broad SMARTS) is 1. The van der Waals surface area contributed by atoms with E-state index in [1.54, 1.807) is 4.90 Å². The third kappa shape index (κ3) is 3.69. The van der Waals surface area contributed by atoms with E-state index >= 15 is 0 Å². The van der Waals surface area contributed by atoms with Crippen molar-refractivity contribution in [3.05, 3.63) is 0 Å². The highest BCUT2D eigenvalue weighted by Crippen LogP contribution is 2.35. The third-order valence-corrected chi connectivity index (χ3v) is 5.17. The second-order valence-electron chi connectivity index (χ2n) is 6.98. The Hall–Kier alpha value is -1.26. The summed E-state index contributed by atoms with van der Waals surface area (Å²) in [4.78, 5) is 25.4. The Labute approximate surface area is 127 Å². The number of carbonyl (C=O) groups is 2. The molecule has 2 amide bonds. The predicted octanol–water partition coefficient (Wildman–Crippen LogP) is 2.71. The largest absolute Gasteiger partial charge is 0.481 e. The number of amides is 2. The zero-order chi connectivity index (χ0) is 15.5. The Morgan fingerprint density at radius 2 is 2.14 bits per heavy atom. The van der Waals surface area contributed by atoms with Gasteiger partial charge in [0.25, 0.3) is 0 Å². The molecule has 120 valence electrons. The van der Waals surface area contributed by atoms with Gasteiger partial charge in [0, 0.05) is 19.6 Å². The molecule has 0 aromatic carbocycles. The van der Waals surface area contributed by atoms with Crippen molar-refractivity contribution in [3.8, 4) is 0 Å². The molecule has 0 aromatic heterocycles. The number of nitrogens with zero attached hydrogens (tertiary/aromatic N) is 1. The fourth-order valence-corrected chi connectivity index (χ4v) is 3.86. The number of likely N-dealkylation sites (tertiary alicyclic amines) is 1. The molecule has 0 spiro atoms. The van der Waals surface area contributed by atoms with Crippen molar-refractivity contribution in [3.63, 3.8) is 0 Å². The number of hydrogen-bond donors (Lipinski definition) is 2. The summed E-state index contributed by atoms with van der Waals surface area (Å²) in [5.74, 6) is 0.596. The maximum atomic E-state index is 12.2. The van der Waals surface area contributed by atoms with Crippen LogP contribution in [0.15, 0.2) is 0 Å². The highest BCUT2D eigenvalue weighted by Gasteiger charge is 2.45. The van der Waals surface area contributed by atoms with Crippen molar-refractivity contribution in [2.75, 3.05) is 19.6 Å². The molecule has 3 unspecified atom stereocenters. The Morgan fingerprint density at radius 1 is 1.38 bits per heavy atom. The van der Waals surface area contributed by atoms with Crippen molar-refractivity contribution in [1.82, 2.24) is 10.2 Å². The predicted molar refractivity (Wildman–Crippen MR) is 81.1 cm³/mol. The van der Waals surface area contributed by atoms with Gasteiger partial charge >= 0.3 is 12.0 Å².